The van der Waals surface area contributed by atoms with Crippen LogP contribution in [0.4, 0.5) is 5.69 Å². The standard InChI is InChI=1S/C29H18ClN3O3S/c30-19-10-8-18(9-11-19)24-14-15-26(35-24)27(34)33-29(37)31-20-12-13-25-23(16-20)32-28(36-25)22-7-3-5-17-4-1-2-6-21(17)22/h1-16H,(H2,31,33,34,37). The number of rotatable bonds is 4. The number of hydrogen-bond acceptors (Lipinski definition) is 5. The number of halogens is 1. The highest BCUT2D eigenvalue weighted by Gasteiger charge is 2.15. The Bertz CT molecular complexity index is 1780. The van der Waals surface area contributed by atoms with E-state index in [0.29, 0.717) is 33.5 Å². The number of hydrogen-bond donors (Lipinski definition) is 2. The van der Waals surface area contributed by atoms with E-state index in [2.05, 4.69) is 27.8 Å². The molecule has 0 aliphatic carbocycles. The fraction of sp³-hybridized carbons (Fsp3) is 0. The van der Waals surface area contributed by atoms with Crippen LogP contribution in [0.3, 0.4) is 0 Å². The van der Waals surface area contributed by atoms with Crippen molar-refractivity contribution in [3.63, 3.8) is 0 Å². The first kappa shape index (κ1) is 23.0. The zero-order valence-electron chi connectivity index (χ0n) is 19.2. The van der Waals surface area contributed by atoms with Crippen LogP contribution in [-0.2, 0) is 0 Å². The molecule has 1 amide bonds. The minimum Gasteiger partial charge on any atom is -0.451 e. The molecule has 8 heteroatoms. The lowest BCUT2D eigenvalue weighted by atomic mass is 10.0. The summed E-state index contributed by atoms with van der Waals surface area (Å²) in [7, 11) is 0. The van der Waals surface area contributed by atoms with Crippen molar-refractivity contribution in [2.75, 3.05) is 5.32 Å². The third kappa shape index (κ3) is 4.70. The highest BCUT2D eigenvalue weighted by molar-refractivity contribution is 7.80. The number of benzene rings is 4. The van der Waals surface area contributed by atoms with E-state index in [4.69, 9.17) is 32.7 Å². The highest BCUT2D eigenvalue weighted by Crippen LogP contribution is 2.31. The maximum absolute atomic E-state index is 12.6. The molecule has 6 nitrogen and oxygen atoms in total. The molecule has 6 aromatic rings. The van der Waals surface area contributed by atoms with E-state index in [1.165, 1.54) is 0 Å². The third-order valence-corrected chi connectivity index (χ3v) is 6.31. The molecule has 2 N–H and O–H groups in total. The molecule has 0 saturated heterocycles. The van der Waals surface area contributed by atoms with E-state index >= 15 is 0 Å². The zero-order valence-corrected chi connectivity index (χ0v) is 20.8. The lowest BCUT2D eigenvalue weighted by Crippen LogP contribution is -2.33. The molecule has 0 aliphatic heterocycles. The Hall–Kier alpha value is -4.46. The van der Waals surface area contributed by atoms with Crippen molar-refractivity contribution in [3.05, 3.63) is 108 Å². The Labute approximate surface area is 221 Å². The van der Waals surface area contributed by atoms with Gasteiger partial charge in [0.1, 0.15) is 11.3 Å². The molecule has 4 aromatic carbocycles. The summed E-state index contributed by atoms with van der Waals surface area (Å²) >= 11 is 11.3. The minimum atomic E-state index is -0.460. The van der Waals surface area contributed by atoms with E-state index in [9.17, 15) is 4.79 Å². The van der Waals surface area contributed by atoms with E-state index in [-0.39, 0.29) is 10.9 Å². The summed E-state index contributed by atoms with van der Waals surface area (Å²) in [6, 6.07) is 30.0. The summed E-state index contributed by atoms with van der Waals surface area (Å²) in [6.07, 6.45) is 0. The van der Waals surface area contributed by atoms with Crippen LogP contribution in [0.2, 0.25) is 5.02 Å². The van der Waals surface area contributed by atoms with Gasteiger partial charge < -0.3 is 14.2 Å². The predicted octanol–water partition coefficient (Wildman–Crippen LogP) is 7.69. The lowest BCUT2D eigenvalue weighted by Gasteiger charge is -2.08. The summed E-state index contributed by atoms with van der Waals surface area (Å²) in [5.74, 6) is 0.771. The Morgan fingerprint density at radius 1 is 0.865 bits per heavy atom. The van der Waals surface area contributed by atoms with Crippen molar-refractivity contribution in [2.45, 2.75) is 0 Å². The fourth-order valence-corrected chi connectivity index (χ4v) is 4.43. The number of nitrogens with one attached hydrogen (secondary N) is 2. The summed E-state index contributed by atoms with van der Waals surface area (Å²) in [6.45, 7) is 0. The van der Waals surface area contributed by atoms with E-state index in [0.717, 1.165) is 21.9 Å². The van der Waals surface area contributed by atoms with Gasteiger partial charge in [-0.25, -0.2) is 4.98 Å². The van der Waals surface area contributed by atoms with Crippen molar-refractivity contribution >= 4 is 62.4 Å². The summed E-state index contributed by atoms with van der Waals surface area (Å²) < 4.78 is 11.7. The minimum absolute atomic E-state index is 0.131. The van der Waals surface area contributed by atoms with Gasteiger partial charge in [-0.05, 0) is 83.7 Å². The molecular formula is C29H18ClN3O3S. The smallest absolute Gasteiger partial charge is 0.293 e. The molecule has 2 aromatic heterocycles. The Morgan fingerprint density at radius 3 is 2.54 bits per heavy atom. The van der Waals surface area contributed by atoms with Crippen molar-refractivity contribution in [3.8, 4) is 22.8 Å². The number of carbonyl (C=O) groups excluding carboxylic acids is 1. The second-order valence-electron chi connectivity index (χ2n) is 8.31. The summed E-state index contributed by atoms with van der Waals surface area (Å²) in [5.41, 5.74) is 3.71. The Kier molecular flexibility index (Phi) is 5.92. The molecule has 2 heterocycles. The normalized spacial score (nSPS) is 11.1. The van der Waals surface area contributed by atoms with Crippen molar-refractivity contribution in [1.82, 2.24) is 10.3 Å². The first-order valence-corrected chi connectivity index (χ1v) is 12.2. The zero-order chi connectivity index (χ0) is 25.4. The van der Waals surface area contributed by atoms with Gasteiger partial charge in [-0.15, -0.1) is 0 Å². The summed E-state index contributed by atoms with van der Waals surface area (Å²) in [4.78, 5) is 17.3. The monoisotopic (exact) mass is 523 g/mol. The molecule has 0 saturated carbocycles. The molecule has 180 valence electrons. The van der Waals surface area contributed by atoms with Crippen LogP contribution >= 0.6 is 23.8 Å². The van der Waals surface area contributed by atoms with Crippen LogP contribution in [0.25, 0.3) is 44.7 Å². The van der Waals surface area contributed by atoms with Gasteiger partial charge in [0.15, 0.2) is 16.5 Å². The van der Waals surface area contributed by atoms with Gasteiger partial charge in [0.2, 0.25) is 5.89 Å². The quantitative estimate of drug-likeness (QED) is 0.230. The van der Waals surface area contributed by atoms with Crippen LogP contribution in [0.15, 0.2) is 106 Å². The van der Waals surface area contributed by atoms with Gasteiger partial charge in [-0.2, -0.15) is 0 Å². The molecule has 0 spiro atoms. The molecule has 37 heavy (non-hydrogen) atoms. The first-order valence-electron chi connectivity index (χ1n) is 11.4. The van der Waals surface area contributed by atoms with Gasteiger partial charge in [-0.1, -0.05) is 48.0 Å². The molecule has 6 rings (SSSR count). The van der Waals surface area contributed by atoms with Gasteiger partial charge in [0, 0.05) is 21.8 Å². The Balaban J connectivity index is 1.17. The van der Waals surface area contributed by atoms with Crippen molar-refractivity contribution < 1.29 is 13.6 Å². The number of nitrogens with zero attached hydrogens (tertiary/aromatic N) is 1. The van der Waals surface area contributed by atoms with Gasteiger partial charge in [0.05, 0.1) is 0 Å². The van der Waals surface area contributed by atoms with E-state index in [1.54, 1.807) is 24.3 Å². The molecular weight excluding hydrogens is 506 g/mol. The summed E-state index contributed by atoms with van der Waals surface area (Å²) in [5, 5.41) is 8.59. The average molecular weight is 524 g/mol. The average Bonchev–Trinajstić information content (AvgIpc) is 3.56. The van der Waals surface area contributed by atoms with E-state index in [1.807, 2.05) is 60.7 Å². The van der Waals surface area contributed by atoms with Crippen LogP contribution in [0, 0.1) is 0 Å². The first-order chi connectivity index (χ1) is 18.0. The second-order valence-corrected chi connectivity index (χ2v) is 9.15. The number of anilines is 1. The van der Waals surface area contributed by atoms with Gasteiger partial charge >= 0.3 is 0 Å². The lowest BCUT2D eigenvalue weighted by molar-refractivity contribution is 0.0951. The van der Waals surface area contributed by atoms with E-state index < -0.39 is 5.91 Å². The maximum atomic E-state index is 12.6. The fourth-order valence-electron chi connectivity index (χ4n) is 4.09. The number of aromatic nitrogens is 1. The van der Waals surface area contributed by atoms with Crippen LogP contribution in [0.1, 0.15) is 10.6 Å². The SMILES string of the molecule is O=C(NC(=S)Nc1ccc2oc(-c3cccc4ccccc34)nc2c1)c1ccc(-c2ccc(Cl)cc2)o1. The number of oxazole rings is 1. The molecule has 0 aliphatic rings. The molecule has 0 bridgehead atoms. The van der Waals surface area contributed by atoms with Crippen LogP contribution in [-0.4, -0.2) is 16.0 Å². The predicted molar refractivity (Wildman–Crippen MR) is 150 cm³/mol. The number of fused-ring (bicyclic) bond motifs is 2. The number of carbonyl (C=O) groups is 1. The molecule has 0 unspecified atom stereocenters. The van der Waals surface area contributed by atoms with Crippen molar-refractivity contribution in [1.29, 1.82) is 0 Å². The largest absolute Gasteiger partial charge is 0.451 e. The molecule has 0 radical (unpaired) electrons. The van der Waals surface area contributed by atoms with Gasteiger partial charge in [-0.3, -0.25) is 10.1 Å². The highest BCUT2D eigenvalue weighted by atomic mass is 35.5. The third-order valence-electron chi connectivity index (χ3n) is 5.85. The Morgan fingerprint density at radius 2 is 1.68 bits per heavy atom. The van der Waals surface area contributed by atoms with Crippen LogP contribution in [0.5, 0.6) is 0 Å². The maximum Gasteiger partial charge on any atom is 0.293 e. The molecule has 0 fully saturated rings. The van der Waals surface area contributed by atoms with Crippen LogP contribution < -0.4 is 10.6 Å². The topological polar surface area (TPSA) is 80.3 Å². The number of amides is 1. The van der Waals surface area contributed by atoms with Crippen molar-refractivity contribution in [2.24, 2.45) is 0 Å². The van der Waals surface area contributed by atoms with Gasteiger partial charge in [0.25, 0.3) is 5.91 Å². The molecule has 0 atom stereocenters. The number of furan rings is 1. The second kappa shape index (κ2) is 9.54. The number of thiocarbonyl (C=S) groups is 1.